The smallest absolute Gasteiger partial charge is 0.257 e. The van der Waals surface area contributed by atoms with Crippen molar-refractivity contribution in [3.63, 3.8) is 0 Å². The Morgan fingerprint density at radius 2 is 1.82 bits per heavy atom. The molecule has 33 heavy (non-hydrogen) atoms. The highest BCUT2D eigenvalue weighted by molar-refractivity contribution is 7.71. The number of amides is 1. The Balaban J connectivity index is 1.48. The lowest BCUT2D eigenvalue weighted by atomic mass is 10.1. The Labute approximate surface area is 195 Å². The molecule has 0 bridgehead atoms. The number of carbonyl (C=O) groups excluding carboxylic acids is 2. The van der Waals surface area contributed by atoms with Crippen LogP contribution in [0.3, 0.4) is 0 Å². The van der Waals surface area contributed by atoms with Gasteiger partial charge in [-0.05, 0) is 30.8 Å². The molecule has 0 aliphatic carbocycles. The van der Waals surface area contributed by atoms with E-state index in [0.29, 0.717) is 46.9 Å². The van der Waals surface area contributed by atoms with E-state index in [4.69, 9.17) is 26.4 Å². The van der Waals surface area contributed by atoms with Gasteiger partial charge in [-0.15, -0.1) is 0 Å². The predicted octanol–water partition coefficient (Wildman–Crippen LogP) is 3.32. The van der Waals surface area contributed by atoms with Crippen LogP contribution in [-0.2, 0) is 11.3 Å². The molecule has 172 valence electrons. The Bertz CT molecular complexity index is 1290. The van der Waals surface area contributed by atoms with E-state index < -0.39 is 6.04 Å². The second kappa shape index (κ2) is 9.45. The number of para-hydroxylation sites is 1. The first-order chi connectivity index (χ1) is 16.0. The molecule has 9 nitrogen and oxygen atoms in total. The first-order valence-electron chi connectivity index (χ1n) is 10.3. The third kappa shape index (κ3) is 4.34. The van der Waals surface area contributed by atoms with Gasteiger partial charge in [0.25, 0.3) is 5.91 Å². The van der Waals surface area contributed by atoms with Gasteiger partial charge in [-0.1, -0.05) is 18.2 Å². The van der Waals surface area contributed by atoms with E-state index in [1.54, 1.807) is 19.2 Å². The maximum atomic E-state index is 13.0. The van der Waals surface area contributed by atoms with Crippen molar-refractivity contribution >= 4 is 40.8 Å². The number of methoxy groups -OCH3 is 3. The maximum Gasteiger partial charge on any atom is 0.257 e. The monoisotopic (exact) mass is 468 g/mol. The summed E-state index contributed by atoms with van der Waals surface area (Å²) in [5.74, 6) is 1.88. The number of fused-ring (bicyclic) bond motifs is 3. The Hall–Kier alpha value is -3.66. The van der Waals surface area contributed by atoms with Gasteiger partial charge in [0, 0.05) is 30.0 Å². The number of ether oxygens (including phenoxy) is 3. The normalized spacial score (nSPS) is 14.5. The Morgan fingerprint density at radius 3 is 2.55 bits per heavy atom. The van der Waals surface area contributed by atoms with Crippen molar-refractivity contribution in [1.82, 2.24) is 14.9 Å². The van der Waals surface area contributed by atoms with E-state index >= 15 is 0 Å². The third-order valence-corrected chi connectivity index (χ3v) is 5.82. The first-order valence-corrected chi connectivity index (χ1v) is 10.8. The summed E-state index contributed by atoms with van der Waals surface area (Å²) < 4.78 is 17.5. The van der Waals surface area contributed by atoms with E-state index in [2.05, 4.69) is 15.6 Å². The van der Waals surface area contributed by atoms with Crippen LogP contribution in [0.25, 0.3) is 10.9 Å². The summed E-state index contributed by atoms with van der Waals surface area (Å²) in [5.41, 5.74) is 1.46. The highest BCUT2D eigenvalue weighted by Gasteiger charge is 2.32. The SMILES string of the molecule is COc1ccccc1CNC(=O)CC[C@@H]1Nc2c3cc(OC)c(OC)cc3nc(=S)n2C1=O. The average Bonchev–Trinajstić information content (AvgIpc) is 3.17. The van der Waals surface area contributed by atoms with Gasteiger partial charge in [-0.2, -0.15) is 0 Å². The van der Waals surface area contributed by atoms with Crippen LogP contribution >= 0.6 is 12.2 Å². The van der Waals surface area contributed by atoms with E-state index in [-0.39, 0.29) is 23.0 Å². The molecule has 1 aromatic heterocycles. The number of nitrogens with one attached hydrogen (secondary N) is 2. The minimum Gasteiger partial charge on any atom is -0.496 e. The molecular formula is C23H24N4O5S. The van der Waals surface area contributed by atoms with Crippen molar-refractivity contribution in [2.75, 3.05) is 26.6 Å². The van der Waals surface area contributed by atoms with E-state index in [1.165, 1.54) is 18.8 Å². The summed E-state index contributed by atoms with van der Waals surface area (Å²) in [6, 6.07) is 10.4. The molecule has 1 aliphatic rings. The molecule has 2 aromatic carbocycles. The summed E-state index contributed by atoms with van der Waals surface area (Å²) in [7, 11) is 4.67. The van der Waals surface area contributed by atoms with E-state index in [1.807, 2.05) is 24.3 Å². The zero-order valence-corrected chi connectivity index (χ0v) is 19.3. The summed E-state index contributed by atoms with van der Waals surface area (Å²) in [6.45, 7) is 0.344. The number of hydrogen-bond acceptors (Lipinski definition) is 8. The van der Waals surface area contributed by atoms with Gasteiger partial charge in [0.1, 0.15) is 17.6 Å². The highest BCUT2D eigenvalue weighted by Crippen LogP contribution is 2.36. The number of benzene rings is 2. The zero-order valence-electron chi connectivity index (χ0n) is 18.5. The van der Waals surface area contributed by atoms with Crippen molar-refractivity contribution < 1.29 is 23.8 Å². The summed E-state index contributed by atoms with van der Waals surface area (Å²) in [5, 5.41) is 6.77. The van der Waals surface area contributed by atoms with Crippen LogP contribution in [0.15, 0.2) is 36.4 Å². The van der Waals surface area contributed by atoms with Crippen molar-refractivity contribution in [2.45, 2.75) is 25.4 Å². The molecule has 0 radical (unpaired) electrons. The van der Waals surface area contributed by atoms with Crippen LogP contribution in [0, 0.1) is 4.77 Å². The molecule has 0 saturated heterocycles. The number of aromatic nitrogens is 2. The van der Waals surface area contributed by atoms with Crippen molar-refractivity contribution in [3.05, 3.63) is 46.7 Å². The molecule has 0 unspecified atom stereocenters. The van der Waals surface area contributed by atoms with Gasteiger partial charge >= 0.3 is 0 Å². The van der Waals surface area contributed by atoms with Gasteiger partial charge in [0.05, 0.1) is 26.8 Å². The molecule has 1 aliphatic heterocycles. The van der Waals surface area contributed by atoms with Crippen LogP contribution in [0.5, 0.6) is 17.2 Å². The molecule has 4 rings (SSSR count). The lowest BCUT2D eigenvalue weighted by Crippen LogP contribution is -2.29. The average molecular weight is 469 g/mol. The van der Waals surface area contributed by atoms with Gasteiger partial charge < -0.3 is 24.8 Å². The molecular weight excluding hydrogens is 444 g/mol. The number of hydrogen-bond donors (Lipinski definition) is 2. The molecule has 3 aromatic rings. The van der Waals surface area contributed by atoms with Gasteiger partial charge in [0.15, 0.2) is 11.5 Å². The second-order valence-corrected chi connectivity index (χ2v) is 7.83. The fraction of sp³-hybridized carbons (Fsp3) is 0.304. The largest absolute Gasteiger partial charge is 0.496 e. The summed E-state index contributed by atoms with van der Waals surface area (Å²) in [6.07, 6.45) is 0.476. The first kappa shape index (κ1) is 22.5. The molecule has 0 saturated carbocycles. The second-order valence-electron chi connectivity index (χ2n) is 7.47. The van der Waals surface area contributed by atoms with Crippen LogP contribution < -0.4 is 24.8 Å². The van der Waals surface area contributed by atoms with Crippen molar-refractivity contribution in [1.29, 1.82) is 0 Å². The quantitative estimate of drug-likeness (QED) is 0.486. The highest BCUT2D eigenvalue weighted by atomic mass is 32.1. The Morgan fingerprint density at radius 1 is 1.12 bits per heavy atom. The predicted molar refractivity (Wildman–Crippen MR) is 126 cm³/mol. The lowest BCUT2D eigenvalue weighted by Gasteiger charge is -2.12. The van der Waals surface area contributed by atoms with Crippen LogP contribution in [0.4, 0.5) is 5.82 Å². The minimum absolute atomic E-state index is 0.144. The standard InChI is InChI=1S/C23H24N4O5S/c1-30-17-7-5-4-6-13(17)12-24-20(28)9-8-15-22(29)27-21(25-15)14-10-18(31-2)19(32-3)11-16(14)26-23(27)33/h4-7,10-11,15,25H,8-9,12H2,1-3H3,(H,24,28)/t15-/m0/s1. The van der Waals surface area contributed by atoms with Crippen molar-refractivity contribution in [2.24, 2.45) is 0 Å². The maximum absolute atomic E-state index is 13.0. The van der Waals surface area contributed by atoms with E-state index in [0.717, 1.165) is 5.56 Å². The van der Waals surface area contributed by atoms with Gasteiger partial charge in [0.2, 0.25) is 10.7 Å². The number of rotatable bonds is 8. The fourth-order valence-electron chi connectivity index (χ4n) is 3.85. The summed E-state index contributed by atoms with van der Waals surface area (Å²) in [4.78, 5) is 29.8. The summed E-state index contributed by atoms with van der Waals surface area (Å²) >= 11 is 5.36. The van der Waals surface area contributed by atoms with Crippen LogP contribution in [-0.4, -0.2) is 48.7 Å². The fourth-order valence-corrected chi connectivity index (χ4v) is 4.13. The molecule has 2 N–H and O–H groups in total. The third-order valence-electron chi connectivity index (χ3n) is 5.55. The van der Waals surface area contributed by atoms with Gasteiger partial charge in [-0.3, -0.25) is 9.59 Å². The topological polar surface area (TPSA) is 104 Å². The molecule has 1 atom stereocenters. The molecule has 0 spiro atoms. The molecule has 1 amide bonds. The Kier molecular flexibility index (Phi) is 6.45. The minimum atomic E-state index is -0.593. The lowest BCUT2D eigenvalue weighted by molar-refractivity contribution is -0.121. The molecule has 0 fully saturated rings. The molecule has 2 heterocycles. The van der Waals surface area contributed by atoms with Crippen LogP contribution in [0.1, 0.15) is 23.2 Å². The molecule has 10 heteroatoms. The number of anilines is 1. The van der Waals surface area contributed by atoms with Crippen LogP contribution in [0.2, 0.25) is 0 Å². The zero-order chi connectivity index (χ0) is 23.5. The van der Waals surface area contributed by atoms with E-state index in [9.17, 15) is 9.59 Å². The van der Waals surface area contributed by atoms with Gasteiger partial charge in [-0.25, -0.2) is 9.55 Å². The number of nitrogens with zero attached hydrogens (tertiary/aromatic N) is 2. The number of carbonyl (C=O) groups is 2. The van der Waals surface area contributed by atoms with Crippen molar-refractivity contribution in [3.8, 4) is 17.2 Å².